The summed E-state index contributed by atoms with van der Waals surface area (Å²) < 4.78 is 15.5. The van der Waals surface area contributed by atoms with E-state index in [4.69, 9.17) is 9.47 Å². The predicted octanol–water partition coefficient (Wildman–Crippen LogP) is 0.783. The molecule has 0 atom stereocenters. The highest BCUT2D eigenvalue weighted by atomic mass is 16.5. The first kappa shape index (κ1) is 18.0. The number of nitrogens with zero attached hydrogens (tertiary/aromatic N) is 5. The van der Waals surface area contributed by atoms with Gasteiger partial charge in [0.25, 0.3) is 5.56 Å². The van der Waals surface area contributed by atoms with Gasteiger partial charge in [0.2, 0.25) is 5.78 Å². The second kappa shape index (κ2) is 6.97. The number of ether oxygens (including phenoxy) is 2. The first-order chi connectivity index (χ1) is 13.6. The third kappa shape index (κ3) is 2.69. The van der Waals surface area contributed by atoms with Crippen LogP contribution in [0.2, 0.25) is 0 Å². The summed E-state index contributed by atoms with van der Waals surface area (Å²) in [4.78, 5) is 27.2. The fraction of sp³-hybridized carbons (Fsp3) is 0.333. The maximum Gasteiger partial charge on any atom is 0.329 e. The van der Waals surface area contributed by atoms with Gasteiger partial charge in [-0.25, -0.2) is 9.20 Å². The van der Waals surface area contributed by atoms with E-state index >= 15 is 0 Å². The van der Waals surface area contributed by atoms with E-state index in [9.17, 15) is 9.59 Å². The number of benzene rings is 1. The van der Waals surface area contributed by atoms with E-state index in [1.165, 1.54) is 4.57 Å². The Bertz CT molecular complexity index is 1260. The summed E-state index contributed by atoms with van der Waals surface area (Å²) in [5.41, 5.74) is 0.582. The number of aromatic amines is 1. The summed E-state index contributed by atoms with van der Waals surface area (Å²) in [6.45, 7) is 3.28. The van der Waals surface area contributed by atoms with E-state index in [0.717, 1.165) is 5.56 Å². The molecule has 0 saturated heterocycles. The Balaban J connectivity index is 2.04. The summed E-state index contributed by atoms with van der Waals surface area (Å²) in [7, 11) is 3.20. The number of fused-ring (bicyclic) bond motifs is 3. The zero-order valence-electron chi connectivity index (χ0n) is 15.8. The van der Waals surface area contributed by atoms with Gasteiger partial charge in [0, 0.05) is 25.8 Å². The Labute approximate surface area is 159 Å². The molecule has 1 aromatic carbocycles. The Morgan fingerprint density at radius 3 is 2.57 bits per heavy atom. The van der Waals surface area contributed by atoms with Crippen molar-refractivity contribution >= 4 is 16.9 Å². The second-order valence-electron chi connectivity index (χ2n) is 6.23. The van der Waals surface area contributed by atoms with Gasteiger partial charge in [0.15, 0.2) is 17.0 Å². The highest BCUT2D eigenvalue weighted by Gasteiger charge is 2.22. The molecule has 0 fully saturated rings. The van der Waals surface area contributed by atoms with Gasteiger partial charge in [-0.3, -0.25) is 14.3 Å². The lowest BCUT2D eigenvalue weighted by Gasteiger charge is -2.05. The number of imidazole rings is 1. The van der Waals surface area contributed by atoms with Crippen molar-refractivity contribution in [3.8, 4) is 17.1 Å². The van der Waals surface area contributed by atoms with E-state index in [2.05, 4.69) is 15.2 Å². The summed E-state index contributed by atoms with van der Waals surface area (Å²) in [6.07, 6.45) is 0. The van der Waals surface area contributed by atoms with E-state index in [0.29, 0.717) is 48.3 Å². The molecule has 0 saturated carbocycles. The Hall–Kier alpha value is -3.40. The molecule has 0 bridgehead atoms. The smallest absolute Gasteiger partial charge is 0.329 e. The van der Waals surface area contributed by atoms with Crippen LogP contribution in [0, 0.1) is 0 Å². The molecule has 0 amide bonds. The minimum Gasteiger partial charge on any atom is -0.497 e. The average Bonchev–Trinajstić information content (AvgIpc) is 3.26. The van der Waals surface area contributed by atoms with Crippen molar-refractivity contribution in [2.24, 2.45) is 7.05 Å². The highest BCUT2D eigenvalue weighted by Crippen LogP contribution is 2.25. The molecular weight excluding hydrogens is 364 g/mol. The molecule has 28 heavy (non-hydrogen) atoms. The van der Waals surface area contributed by atoms with Gasteiger partial charge in [-0.2, -0.15) is 0 Å². The van der Waals surface area contributed by atoms with Crippen LogP contribution in [-0.2, 0) is 18.3 Å². The van der Waals surface area contributed by atoms with Gasteiger partial charge in [0.1, 0.15) is 5.75 Å². The van der Waals surface area contributed by atoms with Crippen LogP contribution in [0.1, 0.15) is 6.92 Å². The van der Waals surface area contributed by atoms with Crippen molar-refractivity contribution in [2.75, 3.05) is 20.3 Å². The highest BCUT2D eigenvalue weighted by molar-refractivity contribution is 5.79. The first-order valence-electron chi connectivity index (χ1n) is 8.85. The van der Waals surface area contributed by atoms with Crippen molar-refractivity contribution in [3.05, 3.63) is 45.1 Å². The molecule has 10 heteroatoms. The monoisotopic (exact) mass is 384 g/mol. The maximum absolute atomic E-state index is 12.6. The van der Waals surface area contributed by atoms with Crippen LogP contribution >= 0.6 is 0 Å². The SMILES string of the molecule is CCOCCn1c2c(=O)[nH]c(=O)n(C)c2n2c(-c3ccc(OC)cc3)nnc12. The number of hydrogen-bond acceptors (Lipinski definition) is 6. The molecule has 0 radical (unpaired) electrons. The number of aromatic nitrogens is 6. The number of nitrogens with one attached hydrogen (secondary N) is 1. The fourth-order valence-corrected chi connectivity index (χ4v) is 3.28. The van der Waals surface area contributed by atoms with Gasteiger partial charge in [-0.15, -0.1) is 10.2 Å². The summed E-state index contributed by atoms with van der Waals surface area (Å²) in [5.74, 6) is 1.71. The number of H-pyrrole nitrogens is 1. The van der Waals surface area contributed by atoms with Crippen molar-refractivity contribution in [3.63, 3.8) is 0 Å². The largest absolute Gasteiger partial charge is 0.497 e. The van der Waals surface area contributed by atoms with Crippen molar-refractivity contribution in [2.45, 2.75) is 13.5 Å². The van der Waals surface area contributed by atoms with Crippen LogP contribution < -0.4 is 16.0 Å². The van der Waals surface area contributed by atoms with Crippen LogP contribution in [0.5, 0.6) is 5.75 Å². The van der Waals surface area contributed by atoms with E-state index < -0.39 is 11.2 Å². The molecule has 0 aliphatic heterocycles. The summed E-state index contributed by atoms with van der Waals surface area (Å²) >= 11 is 0. The van der Waals surface area contributed by atoms with Crippen LogP contribution in [0.15, 0.2) is 33.9 Å². The molecule has 1 N–H and O–H groups in total. The van der Waals surface area contributed by atoms with Crippen LogP contribution in [0.3, 0.4) is 0 Å². The van der Waals surface area contributed by atoms with Gasteiger partial charge in [-0.05, 0) is 31.2 Å². The summed E-state index contributed by atoms with van der Waals surface area (Å²) in [6, 6.07) is 7.33. The molecule has 4 aromatic rings. The van der Waals surface area contributed by atoms with Crippen molar-refractivity contribution < 1.29 is 9.47 Å². The first-order valence-corrected chi connectivity index (χ1v) is 8.85. The van der Waals surface area contributed by atoms with Crippen molar-refractivity contribution in [1.29, 1.82) is 0 Å². The summed E-state index contributed by atoms with van der Waals surface area (Å²) in [5, 5.41) is 8.59. The zero-order valence-corrected chi connectivity index (χ0v) is 15.8. The molecule has 0 unspecified atom stereocenters. The molecule has 0 aliphatic rings. The Morgan fingerprint density at radius 2 is 1.89 bits per heavy atom. The maximum atomic E-state index is 12.6. The van der Waals surface area contributed by atoms with E-state index in [-0.39, 0.29) is 0 Å². The number of aryl methyl sites for hydroxylation is 1. The lowest BCUT2D eigenvalue weighted by Crippen LogP contribution is -2.29. The number of rotatable bonds is 6. The third-order valence-electron chi connectivity index (χ3n) is 4.65. The Morgan fingerprint density at radius 1 is 1.14 bits per heavy atom. The molecule has 10 nitrogen and oxygen atoms in total. The molecule has 0 spiro atoms. The zero-order chi connectivity index (χ0) is 19.8. The topological polar surface area (TPSA) is 108 Å². The average molecular weight is 384 g/mol. The number of methoxy groups -OCH3 is 1. The van der Waals surface area contributed by atoms with Gasteiger partial charge < -0.3 is 14.0 Å². The van der Waals surface area contributed by atoms with Gasteiger partial charge in [0.05, 0.1) is 13.7 Å². The minimum absolute atomic E-state index is 0.349. The molecule has 0 aliphatic carbocycles. The minimum atomic E-state index is -0.504. The second-order valence-corrected chi connectivity index (χ2v) is 6.23. The standard InChI is InChI=1S/C18H20N6O4/c1-4-28-10-9-23-13-15(25)19-18(26)22(2)16(13)24-14(20-21-17(23)24)11-5-7-12(27-3)8-6-11/h5-8H,4,9-10H2,1-3H3,(H,19,25,26). The van der Waals surface area contributed by atoms with Crippen LogP contribution in [-0.4, -0.2) is 49.0 Å². The number of hydrogen-bond donors (Lipinski definition) is 1. The fourth-order valence-electron chi connectivity index (χ4n) is 3.28. The lowest BCUT2D eigenvalue weighted by atomic mass is 10.2. The predicted molar refractivity (Wildman–Crippen MR) is 103 cm³/mol. The van der Waals surface area contributed by atoms with Crippen molar-refractivity contribution in [1.82, 2.24) is 28.7 Å². The molecule has 3 aromatic heterocycles. The normalized spacial score (nSPS) is 11.5. The van der Waals surface area contributed by atoms with Crippen LogP contribution in [0.25, 0.3) is 28.3 Å². The molecule has 4 rings (SSSR count). The van der Waals surface area contributed by atoms with Gasteiger partial charge in [-0.1, -0.05) is 0 Å². The quantitative estimate of drug-likeness (QED) is 0.492. The lowest BCUT2D eigenvalue weighted by molar-refractivity contribution is 0.140. The van der Waals surface area contributed by atoms with Crippen LogP contribution in [0.4, 0.5) is 0 Å². The van der Waals surface area contributed by atoms with E-state index in [1.54, 1.807) is 23.1 Å². The molecular formula is C18H20N6O4. The molecule has 3 heterocycles. The van der Waals surface area contributed by atoms with Gasteiger partial charge >= 0.3 is 5.69 Å². The van der Waals surface area contributed by atoms with E-state index in [1.807, 2.05) is 31.2 Å². The third-order valence-corrected chi connectivity index (χ3v) is 4.65. The molecule has 146 valence electrons. The Kier molecular flexibility index (Phi) is 4.47.